The zero-order chi connectivity index (χ0) is 43.9. The van der Waals surface area contributed by atoms with E-state index in [0.29, 0.717) is 29.7 Å². The van der Waals surface area contributed by atoms with Crippen LogP contribution in [-0.4, -0.2) is 131 Å². The van der Waals surface area contributed by atoms with E-state index < -0.39 is 44.3 Å². The second-order valence-corrected chi connectivity index (χ2v) is 20.3. The predicted molar refractivity (Wildman–Crippen MR) is 229 cm³/mol. The smallest absolute Gasteiger partial charge is 0.407 e. The average molecular weight is 869 g/mol. The van der Waals surface area contributed by atoms with E-state index in [2.05, 4.69) is 30.0 Å². The Morgan fingerprint density at radius 3 is 2.41 bits per heavy atom. The van der Waals surface area contributed by atoms with Gasteiger partial charge in [-0.1, -0.05) is 25.1 Å². The molecule has 332 valence electrons. The summed E-state index contributed by atoms with van der Waals surface area (Å²) in [7, 11) is 2.98. The molecule has 61 heavy (non-hydrogen) atoms. The molecule has 0 radical (unpaired) electrons. The van der Waals surface area contributed by atoms with Crippen LogP contribution in [0.25, 0.3) is 0 Å². The van der Waals surface area contributed by atoms with Crippen molar-refractivity contribution in [3.05, 3.63) is 84.0 Å². The van der Waals surface area contributed by atoms with E-state index in [4.69, 9.17) is 9.73 Å². The number of benzene rings is 2. The fourth-order valence-corrected chi connectivity index (χ4v) is 13.3. The number of rotatable bonds is 13. The highest BCUT2D eigenvalue weighted by Crippen LogP contribution is 2.56. The molecule has 0 aromatic heterocycles. The summed E-state index contributed by atoms with van der Waals surface area (Å²) >= 11 is 0. The molecule has 4 fully saturated rings. The molecule has 1 saturated carbocycles. The van der Waals surface area contributed by atoms with Crippen molar-refractivity contribution in [1.29, 1.82) is 0 Å². The van der Waals surface area contributed by atoms with Crippen LogP contribution >= 0.6 is 0 Å². The van der Waals surface area contributed by atoms with Gasteiger partial charge < -0.3 is 29.7 Å². The number of nitrogens with zero attached hydrogens (tertiary/aromatic N) is 6. The van der Waals surface area contributed by atoms with E-state index in [9.17, 15) is 22.4 Å². The Morgan fingerprint density at radius 1 is 1.03 bits per heavy atom. The zero-order valence-electron chi connectivity index (χ0n) is 36.1. The summed E-state index contributed by atoms with van der Waals surface area (Å²) in [5, 5.41) is 2.16. The molecule has 16 heteroatoms. The molecule has 2 unspecified atom stereocenters. The van der Waals surface area contributed by atoms with Crippen LogP contribution in [0.5, 0.6) is 0 Å². The van der Waals surface area contributed by atoms with Gasteiger partial charge in [-0.3, -0.25) is 4.79 Å². The largest absolute Gasteiger partial charge is 0.453 e. The van der Waals surface area contributed by atoms with Crippen molar-refractivity contribution in [3.63, 3.8) is 0 Å². The van der Waals surface area contributed by atoms with E-state index in [1.807, 2.05) is 24.1 Å². The van der Waals surface area contributed by atoms with Crippen LogP contribution in [0.1, 0.15) is 63.0 Å². The molecule has 0 bridgehead atoms. The van der Waals surface area contributed by atoms with Gasteiger partial charge in [0.1, 0.15) is 17.6 Å². The van der Waals surface area contributed by atoms with Gasteiger partial charge in [-0.15, -0.1) is 0 Å². The van der Waals surface area contributed by atoms with Gasteiger partial charge in [-0.25, -0.2) is 35.9 Å². The van der Waals surface area contributed by atoms with Gasteiger partial charge in [0, 0.05) is 81.1 Å². The summed E-state index contributed by atoms with van der Waals surface area (Å²) in [5.41, 5.74) is 0.715. The molecule has 4 heterocycles. The Balaban J connectivity index is 1.07. The number of alkyl carbamates (subject to hydrolysis) is 1. The number of hydrogen-bond acceptors (Lipinski definition) is 9. The van der Waals surface area contributed by atoms with Crippen molar-refractivity contribution < 1.29 is 40.4 Å². The molecule has 1 aliphatic carbocycles. The molecule has 2 aromatic carbocycles. The van der Waals surface area contributed by atoms with Gasteiger partial charge in [-0.2, -0.15) is 0 Å². The highest BCUT2D eigenvalue weighted by molar-refractivity contribution is 7.92. The first-order valence-electron chi connectivity index (χ1n) is 21.5. The second kappa shape index (κ2) is 17.9. The third-order valence-electron chi connectivity index (χ3n) is 14.2. The molecular formula is C45H61F3N7O5S+. The molecule has 7 rings (SSSR count). The number of carbonyl (C=O) groups excluding carboxylic acids is 2. The Kier molecular flexibility index (Phi) is 13.1. The highest BCUT2D eigenvalue weighted by atomic mass is 32.2. The molecule has 5 atom stereocenters. The van der Waals surface area contributed by atoms with E-state index in [1.54, 1.807) is 37.2 Å². The third kappa shape index (κ3) is 8.37. The van der Waals surface area contributed by atoms with E-state index in [-0.39, 0.29) is 66.1 Å². The van der Waals surface area contributed by atoms with Gasteiger partial charge in [0.15, 0.2) is 21.5 Å². The van der Waals surface area contributed by atoms with Gasteiger partial charge in [-0.05, 0) is 90.0 Å². The number of sulfone groups is 1. The summed E-state index contributed by atoms with van der Waals surface area (Å²) in [4.78, 5) is 37.0. The maximum Gasteiger partial charge on any atom is 0.407 e. The molecular weight excluding hydrogens is 808 g/mol. The lowest BCUT2D eigenvalue weighted by Gasteiger charge is -2.57. The van der Waals surface area contributed by atoms with E-state index >= 15 is 8.78 Å². The van der Waals surface area contributed by atoms with Crippen molar-refractivity contribution in [2.45, 2.75) is 80.1 Å². The number of aliphatic imine (C=N–C) groups is 1. The first-order chi connectivity index (χ1) is 29.0. The number of anilines is 1. The predicted octanol–water partition coefficient (Wildman–Crippen LogP) is 6.19. The third-order valence-corrected chi connectivity index (χ3v) is 16.5. The molecule has 0 spiro atoms. The van der Waals surface area contributed by atoms with Crippen LogP contribution in [0.4, 0.5) is 23.7 Å². The summed E-state index contributed by atoms with van der Waals surface area (Å²) < 4.78 is 79.1. The molecule has 5 aliphatic rings. The van der Waals surface area contributed by atoms with Crippen molar-refractivity contribution in [2.75, 3.05) is 79.0 Å². The van der Waals surface area contributed by atoms with Gasteiger partial charge in [0.05, 0.1) is 36.2 Å². The number of methoxy groups -OCH3 is 1. The number of hydrogen-bond donors (Lipinski definition) is 1. The average Bonchev–Trinajstić information content (AvgIpc) is 3.82. The lowest BCUT2D eigenvalue weighted by molar-refractivity contribution is -0.849. The Morgan fingerprint density at radius 2 is 1.77 bits per heavy atom. The molecule has 4 aliphatic heterocycles. The standard InChI is InChI=1S/C45H60F3N7O5S/c1-30(46)43(56)53-20-9-12-36(28-53)61(58,59)41-16-15-40(42(48)37(41)29-51(3)4)54-26-32(27-54)25-52-21-17-33(18-22-52)45(34-10-7-11-35(47)24-34,55(5)23-19-49-31(55)2)38-13-8-14-39(38)50-44(57)60-6/h7,10-11,15-16,19,23-24,32-33,36,38-39H,1,8-9,12-14,17-18,20-22,25-29H2,2-6H3/p+1/t36-,38-,39-,45?,55?/m0/s1. The van der Waals surface area contributed by atoms with E-state index in [1.165, 1.54) is 24.1 Å². The van der Waals surface area contributed by atoms with Crippen LogP contribution in [0.2, 0.25) is 0 Å². The van der Waals surface area contributed by atoms with Crippen LogP contribution in [0.15, 0.2) is 71.1 Å². The van der Waals surface area contributed by atoms with Crippen LogP contribution < -0.4 is 10.2 Å². The normalized spacial score (nSPS) is 26.2. The quantitative estimate of drug-likeness (QED) is 0.187. The minimum absolute atomic E-state index is 0.0277. The Labute approximate surface area is 358 Å². The maximum atomic E-state index is 16.6. The number of quaternary nitrogens is 1. The van der Waals surface area contributed by atoms with Gasteiger partial charge in [0.2, 0.25) is 5.84 Å². The topological polar surface area (TPSA) is 115 Å². The number of piperidine rings is 2. The lowest BCUT2D eigenvalue weighted by Crippen LogP contribution is -2.68. The van der Waals surface area contributed by atoms with Crippen molar-refractivity contribution in [1.82, 2.24) is 20.0 Å². The molecule has 1 N–H and O–H groups in total. The number of halogens is 3. The first-order valence-corrected chi connectivity index (χ1v) is 23.1. The summed E-state index contributed by atoms with van der Waals surface area (Å²) in [6.45, 7) is 8.91. The lowest BCUT2D eigenvalue weighted by atomic mass is 9.62. The minimum Gasteiger partial charge on any atom is -0.453 e. The Bertz CT molecular complexity index is 2170. The molecule has 12 nitrogen and oxygen atoms in total. The van der Waals surface area contributed by atoms with Crippen LogP contribution in [0.3, 0.4) is 0 Å². The molecule has 2 amide bonds. The van der Waals surface area contributed by atoms with E-state index in [0.717, 1.165) is 63.1 Å². The fraction of sp³-hybridized carbons (Fsp3) is 0.578. The highest BCUT2D eigenvalue weighted by Gasteiger charge is 2.64. The summed E-state index contributed by atoms with van der Waals surface area (Å²) in [5.74, 6) is -1.66. The first kappa shape index (κ1) is 44.8. The number of amides is 2. The maximum absolute atomic E-state index is 16.6. The molecule has 2 aromatic rings. The van der Waals surface area contributed by atoms with Crippen LogP contribution in [0, 0.1) is 29.4 Å². The summed E-state index contributed by atoms with van der Waals surface area (Å²) in [6.07, 6.45) is 8.42. The van der Waals surface area contributed by atoms with Crippen molar-refractivity contribution >= 4 is 33.4 Å². The number of amidine groups is 1. The second-order valence-electron chi connectivity index (χ2n) is 18.1. The van der Waals surface area contributed by atoms with Gasteiger partial charge >= 0.3 is 6.09 Å². The monoisotopic (exact) mass is 868 g/mol. The number of likely N-dealkylation sites (tertiary alicyclic amines) is 2. The zero-order valence-corrected chi connectivity index (χ0v) is 36.9. The van der Waals surface area contributed by atoms with Gasteiger partial charge in [0.25, 0.3) is 5.91 Å². The van der Waals surface area contributed by atoms with Crippen LogP contribution in [-0.2, 0) is 31.5 Å². The van der Waals surface area contributed by atoms with Crippen molar-refractivity contribution in [2.24, 2.45) is 22.7 Å². The van der Waals surface area contributed by atoms with Crippen molar-refractivity contribution in [3.8, 4) is 0 Å². The minimum atomic E-state index is -4.07. The number of nitrogens with one attached hydrogen (secondary N) is 1. The number of ether oxygens (including phenoxy) is 1. The SMILES string of the molecule is C=C(F)C(=O)N1CCC[C@H](S(=O)(=O)c2ccc(N3CC(CN4CCC(C(c5cccc(F)c5)([C@H]5CCC[C@@H]5NC(=O)OC)[N+]5(C)C=CN=C5C)CC4)C3)c(F)c2CN(C)C)C1. The Hall–Kier alpha value is -4.25. The molecule has 3 saturated heterocycles. The fourth-order valence-electron chi connectivity index (χ4n) is 11.3. The summed E-state index contributed by atoms with van der Waals surface area (Å²) in [6, 6.07) is 9.85. The number of carbonyl (C=O) groups is 2.